The van der Waals surface area contributed by atoms with Gasteiger partial charge in [-0.1, -0.05) is 18.2 Å². The van der Waals surface area contributed by atoms with Crippen LogP contribution in [0.5, 0.6) is 0 Å². The van der Waals surface area contributed by atoms with Crippen LogP contribution in [0.25, 0.3) is 0 Å². The summed E-state index contributed by atoms with van der Waals surface area (Å²) in [6.45, 7) is -0.229. The zero-order valence-corrected chi connectivity index (χ0v) is 7.25. The number of alkyl halides is 3. The molecule has 78 valence electrons. The Morgan fingerprint density at radius 3 is 2.36 bits per heavy atom. The van der Waals surface area contributed by atoms with Crippen LogP contribution in [0.15, 0.2) is 24.3 Å². The van der Waals surface area contributed by atoms with Gasteiger partial charge in [-0.3, -0.25) is 0 Å². The molecule has 0 saturated heterocycles. The molecule has 0 unspecified atom stereocenters. The summed E-state index contributed by atoms with van der Waals surface area (Å²) in [6.07, 6.45) is -5.72. The Kier molecular flexibility index (Phi) is 3.13. The van der Waals surface area contributed by atoms with Crippen LogP contribution >= 0.6 is 0 Å². The van der Waals surface area contributed by atoms with Crippen molar-refractivity contribution in [3.63, 3.8) is 0 Å². The maximum Gasteiger partial charge on any atom is 0.416 e. The first-order valence-corrected chi connectivity index (χ1v) is 4.01. The number of halogens is 3. The van der Waals surface area contributed by atoms with E-state index < -0.39 is 17.8 Å². The van der Waals surface area contributed by atoms with E-state index in [-0.39, 0.29) is 12.1 Å². The molecule has 0 heterocycles. The molecule has 0 spiro atoms. The SMILES string of the molecule is NC[C@@H](O)c1ccccc1C(F)(F)F. The summed E-state index contributed by atoms with van der Waals surface area (Å²) in [5.41, 5.74) is 4.09. The molecule has 0 aliphatic rings. The van der Waals surface area contributed by atoms with Gasteiger partial charge in [0, 0.05) is 6.54 Å². The number of aliphatic hydroxyl groups excluding tert-OH is 1. The van der Waals surface area contributed by atoms with Crippen molar-refractivity contribution in [3.05, 3.63) is 35.4 Å². The Bertz CT molecular complexity index is 311. The van der Waals surface area contributed by atoms with Gasteiger partial charge in [0.15, 0.2) is 0 Å². The van der Waals surface area contributed by atoms with Crippen LogP contribution in [0.1, 0.15) is 17.2 Å². The van der Waals surface area contributed by atoms with E-state index >= 15 is 0 Å². The maximum atomic E-state index is 12.4. The van der Waals surface area contributed by atoms with E-state index in [1.807, 2.05) is 0 Å². The summed E-state index contributed by atoms with van der Waals surface area (Å²) in [5.74, 6) is 0. The third-order valence-corrected chi connectivity index (χ3v) is 1.85. The van der Waals surface area contributed by atoms with Crippen LogP contribution in [0.4, 0.5) is 13.2 Å². The summed E-state index contributed by atoms with van der Waals surface area (Å²) in [5, 5.41) is 9.25. The summed E-state index contributed by atoms with van der Waals surface area (Å²) >= 11 is 0. The fraction of sp³-hybridized carbons (Fsp3) is 0.333. The van der Waals surface area contributed by atoms with Gasteiger partial charge >= 0.3 is 6.18 Å². The molecule has 5 heteroatoms. The minimum atomic E-state index is -4.45. The average molecular weight is 205 g/mol. The fourth-order valence-corrected chi connectivity index (χ4v) is 1.17. The molecule has 0 amide bonds. The topological polar surface area (TPSA) is 46.2 Å². The first-order chi connectivity index (χ1) is 6.46. The van der Waals surface area contributed by atoms with Gasteiger partial charge in [0.1, 0.15) is 0 Å². The zero-order chi connectivity index (χ0) is 10.8. The van der Waals surface area contributed by atoms with Crippen LogP contribution in [0.3, 0.4) is 0 Å². The predicted octanol–water partition coefficient (Wildman–Crippen LogP) is 1.70. The molecule has 0 saturated carbocycles. The summed E-state index contributed by atoms with van der Waals surface area (Å²) < 4.78 is 37.2. The van der Waals surface area contributed by atoms with Crippen molar-refractivity contribution in [2.75, 3.05) is 6.54 Å². The number of benzene rings is 1. The predicted molar refractivity (Wildman–Crippen MR) is 45.5 cm³/mol. The molecule has 0 fully saturated rings. The number of rotatable bonds is 2. The van der Waals surface area contributed by atoms with Crippen LogP contribution < -0.4 is 5.73 Å². The molecule has 0 bridgehead atoms. The van der Waals surface area contributed by atoms with Crippen LogP contribution in [-0.4, -0.2) is 11.7 Å². The van der Waals surface area contributed by atoms with Gasteiger partial charge in [-0.05, 0) is 11.6 Å². The highest BCUT2D eigenvalue weighted by atomic mass is 19.4. The Labute approximate surface area is 79.2 Å². The second-order valence-corrected chi connectivity index (χ2v) is 2.84. The lowest BCUT2D eigenvalue weighted by atomic mass is 10.0. The molecule has 0 aliphatic carbocycles. The van der Waals surface area contributed by atoms with Crippen LogP contribution in [0, 0.1) is 0 Å². The number of aliphatic hydroxyl groups is 1. The normalized spacial score (nSPS) is 14.1. The second-order valence-electron chi connectivity index (χ2n) is 2.84. The minimum Gasteiger partial charge on any atom is -0.387 e. The molecule has 1 aromatic carbocycles. The number of hydrogen-bond donors (Lipinski definition) is 2. The smallest absolute Gasteiger partial charge is 0.387 e. The Hall–Kier alpha value is -1.07. The molecule has 1 atom stereocenters. The fourth-order valence-electron chi connectivity index (χ4n) is 1.17. The lowest BCUT2D eigenvalue weighted by molar-refractivity contribution is -0.139. The molecule has 0 aromatic heterocycles. The van der Waals surface area contributed by atoms with Crippen LogP contribution in [-0.2, 0) is 6.18 Å². The summed E-state index contributed by atoms with van der Waals surface area (Å²) in [4.78, 5) is 0. The van der Waals surface area contributed by atoms with E-state index in [2.05, 4.69) is 0 Å². The van der Waals surface area contributed by atoms with Gasteiger partial charge in [-0.2, -0.15) is 13.2 Å². The minimum absolute atomic E-state index is 0.178. The van der Waals surface area contributed by atoms with Crippen molar-refractivity contribution < 1.29 is 18.3 Å². The maximum absolute atomic E-state index is 12.4. The van der Waals surface area contributed by atoms with Gasteiger partial charge < -0.3 is 10.8 Å². The second kappa shape index (κ2) is 3.98. The van der Waals surface area contributed by atoms with Gasteiger partial charge in [0.2, 0.25) is 0 Å². The monoisotopic (exact) mass is 205 g/mol. The Morgan fingerprint density at radius 2 is 1.86 bits per heavy atom. The van der Waals surface area contributed by atoms with Crippen molar-refractivity contribution in [2.45, 2.75) is 12.3 Å². The lowest BCUT2D eigenvalue weighted by Gasteiger charge is -2.15. The van der Waals surface area contributed by atoms with E-state index in [1.165, 1.54) is 18.2 Å². The molecule has 1 rings (SSSR count). The highest BCUT2D eigenvalue weighted by Gasteiger charge is 2.34. The first-order valence-electron chi connectivity index (χ1n) is 4.01. The summed E-state index contributed by atoms with van der Waals surface area (Å²) in [6, 6.07) is 4.85. The number of nitrogens with two attached hydrogens (primary N) is 1. The van der Waals surface area contributed by atoms with Gasteiger partial charge in [0.05, 0.1) is 11.7 Å². The van der Waals surface area contributed by atoms with Crippen LogP contribution in [0.2, 0.25) is 0 Å². The summed E-state index contributed by atoms with van der Waals surface area (Å²) in [7, 11) is 0. The molecule has 0 radical (unpaired) electrons. The Morgan fingerprint density at radius 1 is 1.29 bits per heavy atom. The third kappa shape index (κ3) is 2.24. The van der Waals surface area contributed by atoms with Gasteiger partial charge in [-0.15, -0.1) is 0 Å². The van der Waals surface area contributed by atoms with Crippen molar-refractivity contribution in [2.24, 2.45) is 5.73 Å². The molecule has 3 N–H and O–H groups in total. The molecule has 2 nitrogen and oxygen atoms in total. The third-order valence-electron chi connectivity index (χ3n) is 1.85. The highest BCUT2D eigenvalue weighted by Crippen LogP contribution is 2.34. The molecule has 0 aliphatic heterocycles. The van der Waals surface area contributed by atoms with Crippen molar-refractivity contribution in [1.29, 1.82) is 0 Å². The molecular formula is C9H10F3NO. The first kappa shape index (κ1) is 11.0. The molecule has 14 heavy (non-hydrogen) atoms. The zero-order valence-electron chi connectivity index (χ0n) is 7.25. The van der Waals surface area contributed by atoms with E-state index in [9.17, 15) is 18.3 Å². The van der Waals surface area contributed by atoms with Gasteiger partial charge in [-0.25, -0.2) is 0 Å². The lowest BCUT2D eigenvalue weighted by Crippen LogP contribution is -2.17. The standard InChI is InChI=1S/C9H10F3NO/c10-9(11,12)7-4-2-1-3-6(7)8(14)5-13/h1-4,8,14H,5,13H2/t8-/m1/s1. The number of hydrogen-bond acceptors (Lipinski definition) is 2. The average Bonchev–Trinajstić information content (AvgIpc) is 2.15. The van der Waals surface area contributed by atoms with Crippen molar-refractivity contribution >= 4 is 0 Å². The van der Waals surface area contributed by atoms with Crippen molar-refractivity contribution in [3.8, 4) is 0 Å². The quantitative estimate of drug-likeness (QED) is 0.771. The largest absolute Gasteiger partial charge is 0.416 e. The van der Waals surface area contributed by atoms with Gasteiger partial charge in [0.25, 0.3) is 0 Å². The van der Waals surface area contributed by atoms with E-state index in [4.69, 9.17) is 5.73 Å². The Balaban J connectivity index is 3.16. The molecule has 1 aromatic rings. The van der Waals surface area contributed by atoms with E-state index in [0.717, 1.165) is 6.07 Å². The molecular weight excluding hydrogens is 195 g/mol. The van der Waals surface area contributed by atoms with E-state index in [0.29, 0.717) is 0 Å². The van der Waals surface area contributed by atoms with Crippen molar-refractivity contribution in [1.82, 2.24) is 0 Å². The van der Waals surface area contributed by atoms with E-state index in [1.54, 1.807) is 0 Å². The highest BCUT2D eigenvalue weighted by molar-refractivity contribution is 5.31.